The van der Waals surface area contributed by atoms with Gasteiger partial charge in [0.15, 0.2) is 0 Å². The van der Waals surface area contributed by atoms with E-state index in [1.54, 1.807) is 49.6 Å². The van der Waals surface area contributed by atoms with Gasteiger partial charge in [0.05, 0.1) is 34.4 Å². The van der Waals surface area contributed by atoms with E-state index in [0.717, 1.165) is 12.3 Å². The number of anilines is 1. The van der Waals surface area contributed by atoms with Gasteiger partial charge in [0.2, 0.25) is 0 Å². The average Bonchev–Trinajstić information content (AvgIpc) is 2.82. The van der Waals surface area contributed by atoms with E-state index in [0.29, 0.717) is 22.3 Å². The Kier molecular flexibility index (Phi) is 6.34. The van der Waals surface area contributed by atoms with Gasteiger partial charge in [0.1, 0.15) is 11.6 Å². The van der Waals surface area contributed by atoms with Crippen molar-refractivity contribution in [2.24, 2.45) is 0 Å². The summed E-state index contributed by atoms with van der Waals surface area (Å²) in [6.07, 6.45) is -0.663. The van der Waals surface area contributed by atoms with Gasteiger partial charge in [-0.2, -0.15) is 13.2 Å². The summed E-state index contributed by atoms with van der Waals surface area (Å²) >= 11 is 6.08. The van der Waals surface area contributed by atoms with Crippen LogP contribution < -0.4 is 5.73 Å². The minimum Gasteiger partial charge on any atom is -0.382 e. The number of hydrogen-bond donors (Lipinski definition) is 1. The summed E-state index contributed by atoms with van der Waals surface area (Å²) in [5.41, 5.74) is 6.05. The van der Waals surface area contributed by atoms with Crippen LogP contribution in [0.5, 0.6) is 0 Å². The van der Waals surface area contributed by atoms with Crippen LogP contribution in [-0.2, 0) is 12.7 Å². The normalized spacial score (nSPS) is 12.5. The number of aromatic nitrogens is 4. The van der Waals surface area contributed by atoms with E-state index in [-0.39, 0.29) is 23.1 Å². The molecule has 3 aromatic heterocycles. The third kappa shape index (κ3) is 4.91. The van der Waals surface area contributed by atoms with Crippen molar-refractivity contribution >= 4 is 34.2 Å². The number of halogens is 4. The number of carbonyl (C=O) groups excluding carboxylic acids is 1. The molecule has 34 heavy (non-hydrogen) atoms. The molecule has 2 N–H and O–H groups in total. The number of hydrogen-bond acceptors (Lipinski definition) is 6. The van der Waals surface area contributed by atoms with Gasteiger partial charge in [0, 0.05) is 29.5 Å². The van der Waals surface area contributed by atoms with Crippen LogP contribution >= 0.6 is 11.6 Å². The Bertz CT molecular complexity index is 1330. The molecule has 174 valence electrons. The van der Waals surface area contributed by atoms with Crippen molar-refractivity contribution < 1.29 is 18.0 Å². The van der Waals surface area contributed by atoms with Crippen molar-refractivity contribution in [3.05, 3.63) is 88.7 Å². The second-order valence-electron chi connectivity index (χ2n) is 7.51. The number of rotatable bonds is 5. The quantitative estimate of drug-likeness (QED) is 0.422. The molecule has 4 rings (SSSR count). The molecule has 1 atom stereocenters. The zero-order valence-corrected chi connectivity index (χ0v) is 18.5. The van der Waals surface area contributed by atoms with Crippen LogP contribution in [0.1, 0.15) is 40.4 Å². The molecule has 1 amide bonds. The number of nitrogens with zero attached hydrogens (tertiary/aromatic N) is 5. The van der Waals surface area contributed by atoms with E-state index in [1.807, 2.05) is 0 Å². The Morgan fingerprint density at radius 2 is 1.85 bits per heavy atom. The van der Waals surface area contributed by atoms with Gasteiger partial charge in [0.25, 0.3) is 5.91 Å². The molecule has 0 saturated heterocycles. The van der Waals surface area contributed by atoms with Crippen molar-refractivity contribution in [1.29, 1.82) is 0 Å². The van der Waals surface area contributed by atoms with E-state index in [4.69, 9.17) is 17.3 Å². The topological polar surface area (TPSA) is 97.9 Å². The first kappa shape index (κ1) is 23.4. The van der Waals surface area contributed by atoms with E-state index >= 15 is 0 Å². The van der Waals surface area contributed by atoms with Crippen molar-refractivity contribution in [3.63, 3.8) is 0 Å². The van der Waals surface area contributed by atoms with Crippen LogP contribution in [0.3, 0.4) is 0 Å². The molecule has 0 radical (unpaired) electrons. The maximum Gasteiger partial charge on any atom is 0.417 e. The van der Waals surface area contributed by atoms with Gasteiger partial charge in [-0.05, 0) is 49.4 Å². The summed E-state index contributed by atoms with van der Waals surface area (Å²) in [6.45, 7) is 1.67. The Morgan fingerprint density at radius 3 is 2.50 bits per heavy atom. The first-order valence-electron chi connectivity index (χ1n) is 10.1. The predicted octanol–water partition coefficient (Wildman–Crippen LogP) is 5.08. The Morgan fingerprint density at radius 1 is 1.12 bits per heavy atom. The lowest BCUT2D eigenvalue weighted by molar-refractivity contribution is -0.137. The average molecular weight is 487 g/mol. The Labute approximate surface area is 197 Å². The molecule has 11 heteroatoms. The number of amides is 1. The van der Waals surface area contributed by atoms with Gasteiger partial charge in [-0.3, -0.25) is 9.78 Å². The molecule has 0 aliphatic rings. The largest absolute Gasteiger partial charge is 0.417 e. The minimum absolute atomic E-state index is 0.0603. The van der Waals surface area contributed by atoms with Crippen LogP contribution in [0.15, 0.2) is 61.1 Å². The smallest absolute Gasteiger partial charge is 0.382 e. The third-order valence-corrected chi connectivity index (χ3v) is 5.52. The summed E-state index contributed by atoms with van der Waals surface area (Å²) in [5.74, 6) is 0.163. The van der Waals surface area contributed by atoms with E-state index in [9.17, 15) is 18.0 Å². The second-order valence-corrected chi connectivity index (χ2v) is 7.92. The molecule has 0 fully saturated rings. The highest BCUT2D eigenvalue weighted by Crippen LogP contribution is 2.29. The van der Waals surface area contributed by atoms with Gasteiger partial charge in [-0.15, -0.1) is 0 Å². The van der Waals surface area contributed by atoms with Gasteiger partial charge < -0.3 is 10.6 Å². The summed E-state index contributed by atoms with van der Waals surface area (Å²) < 4.78 is 38.8. The minimum atomic E-state index is -4.50. The van der Waals surface area contributed by atoms with Gasteiger partial charge in [-0.1, -0.05) is 11.6 Å². The first-order valence-corrected chi connectivity index (χ1v) is 10.5. The molecule has 7 nitrogen and oxygen atoms in total. The number of nitrogen functional groups attached to an aromatic ring is 1. The monoisotopic (exact) mass is 486 g/mol. The predicted molar refractivity (Wildman–Crippen MR) is 121 cm³/mol. The highest BCUT2D eigenvalue weighted by molar-refractivity contribution is 6.33. The fourth-order valence-corrected chi connectivity index (χ4v) is 3.53. The van der Waals surface area contributed by atoms with Gasteiger partial charge >= 0.3 is 6.18 Å². The molecule has 0 aliphatic carbocycles. The molecular weight excluding hydrogens is 469 g/mol. The number of alkyl halides is 3. The maximum atomic E-state index is 13.6. The van der Waals surface area contributed by atoms with E-state index in [1.165, 1.54) is 11.0 Å². The molecule has 0 spiro atoms. The van der Waals surface area contributed by atoms with E-state index in [2.05, 4.69) is 19.9 Å². The zero-order valence-electron chi connectivity index (χ0n) is 17.8. The molecule has 0 bridgehead atoms. The molecule has 3 heterocycles. The lowest BCUT2D eigenvalue weighted by atomic mass is 10.1. The van der Waals surface area contributed by atoms with Crippen LogP contribution in [0, 0.1) is 0 Å². The molecule has 4 aromatic rings. The number of pyridine rings is 2. The number of carbonyl (C=O) groups is 1. The fraction of sp³-hybridized carbons (Fsp3) is 0.174. The highest BCUT2D eigenvalue weighted by atomic mass is 35.5. The molecule has 1 aromatic carbocycles. The third-order valence-electron chi connectivity index (χ3n) is 5.21. The van der Waals surface area contributed by atoms with Crippen molar-refractivity contribution in [2.75, 3.05) is 5.73 Å². The van der Waals surface area contributed by atoms with Gasteiger partial charge in [-0.25, -0.2) is 15.0 Å². The number of benzene rings is 1. The maximum absolute atomic E-state index is 13.6. The molecule has 0 saturated carbocycles. The van der Waals surface area contributed by atoms with Crippen LogP contribution in [0.25, 0.3) is 10.9 Å². The lowest BCUT2D eigenvalue weighted by Crippen LogP contribution is -2.34. The number of nitrogens with two attached hydrogens (primary N) is 1. The Balaban J connectivity index is 1.70. The summed E-state index contributed by atoms with van der Waals surface area (Å²) in [4.78, 5) is 31.6. The second kappa shape index (κ2) is 9.22. The highest BCUT2D eigenvalue weighted by Gasteiger charge is 2.31. The first-order chi connectivity index (χ1) is 16.1. The molecule has 1 unspecified atom stereocenters. The zero-order chi connectivity index (χ0) is 24.5. The molecule has 0 aliphatic heterocycles. The van der Waals surface area contributed by atoms with Crippen LogP contribution in [0.2, 0.25) is 5.02 Å². The van der Waals surface area contributed by atoms with Crippen molar-refractivity contribution in [2.45, 2.75) is 25.7 Å². The van der Waals surface area contributed by atoms with Crippen LogP contribution in [0.4, 0.5) is 19.0 Å². The van der Waals surface area contributed by atoms with Crippen LogP contribution in [-0.4, -0.2) is 30.7 Å². The summed E-state index contributed by atoms with van der Waals surface area (Å²) in [5, 5.41) is 0.871. The molecular formula is C23H18ClF3N6O. The standard InChI is InChI=1S/C23H18ClF3N6O/c1-13(21-29-7-2-8-30-21)33(12-17-5-4-16(11-31-17)23(25,26)27)22(34)14-3-6-19-15(9-14)10-18(24)20(28)32-19/h2-11,13H,12H2,1H3,(H2,28,32). The van der Waals surface area contributed by atoms with E-state index < -0.39 is 23.7 Å². The van der Waals surface area contributed by atoms with Crippen molar-refractivity contribution in [3.8, 4) is 0 Å². The Hall–Kier alpha value is -3.79. The SMILES string of the molecule is CC(c1ncccn1)N(Cc1ccc(C(F)(F)F)cn1)C(=O)c1ccc2nc(N)c(Cl)cc2c1. The lowest BCUT2D eigenvalue weighted by Gasteiger charge is -2.28. The summed E-state index contributed by atoms with van der Waals surface area (Å²) in [6, 6.07) is 9.71. The fourth-order valence-electron chi connectivity index (χ4n) is 3.38. The van der Waals surface area contributed by atoms with Crippen molar-refractivity contribution in [1.82, 2.24) is 24.8 Å². The summed E-state index contributed by atoms with van der Waals surface area (Å²) in [7, 11) is 0. The number of fused-ring (bicyclic) bond motifs is 1.